The highest BCUT2D eigenvalue weighted by Gasteiger charge is 2.15. The summed E-state index contributed by atoms with van der Waals surface area (Å²) in [6.07, 6.45) is 1.10. The van der Waals surface area contributed by atoms with Crippen molar-refractivity contribution < 1.29 is 14.3 Å². The Balaban J connectivity index is 2.10. The van der Waals surface area contributed by atoms with Crippen LogP contribution in [-0.2, 0) is 4.74 Å². The van der Waals surface area contributed by atoms with Gasteiger partial charge in [0.15, 0.2) is 5.13 Å². The average Bonchev–Trinajstić information content (AvgIpc) is 2.74. The van der Waals surface area contributed by atoms with Crippen LogP contribution in [0.1, 0.15) is 20.8 Å². The lowest BCUT2D eigenvalue weighted by Gasteiger charge is -2.19. The van der Waals surface area contributed by atoms with Crippen molar-refractivity contribution in [1.29, 1.82) is 0 Å². The molecule has 0 spiro atoms. The van der Waals surface area contributed by atoms with Gasteiger partial charge in [0.25, 0.3) is 0 Å². The Morgan fingerprint density at radius 2 is 2.00 bits per heavy atom. The van der Waals surface area contributed by atoms with Crippen LogP contribution < -0.4 is 16.0 Å². The van der Waals surface area contributed by atoms with Gasteiger partial charge in [-0.3, -0.25) is 5.32 Å². The second-order valence-corrected chi connectivity index (χ2v) is 5.54. The minimum absolute atomic E-state index is 0.292. The molecule has 1 aromatic heterocycles. The van der Waals surface area contributed by atoms with E-state index in [0.717, 1.165) is 0 Å². The number of alkyl carbamates (subject to hydrolysis) is 1. The van der Waals surface area contributed by atoms with Crippen molar-refractivity contribution in [1.82, 2.24) is 15.6 Å². The van der Waals surface area contributed by atoms with Gasteiger partial charge < -0.3 is 15.4 Å². The van der Waals surface area contributed by atoms with E-state index in [1.165, 1.54) is 11.3 Å². The van der Waals surface area contributed by atoms with Crippen LogP contribution in [0.5, 0.6) is 0 Å². The van der Waals surface area contributed by atoms with Crippen LogP contribution in [0.15, 0.2) is 11.6 Å². The summed E-state index contributed by atoms with van der Waals surface area (Å²) in [4.78, 5) is 26.6. The van der Waals surface area contributed by atoms with Crippen molar-refractivity contribution in [2.45, 2.75) is 26.4 Å². The lowest BCUT2D eigenvalue weighted by molar-refractivity contribution is 0.0528. The maximum absolute atomic E-state index is 11.4. The second-order valence-electron chi connectivity index (χ2n) is 4.65. The first-order valence-electron chi connectivity index (χ1n) is 5.78. The summed E-state index contributed by atoms with van der Waals surface area (Å²) in [7, 11) is 0. The first kappa shape index (κ1) is 15.2. The van der Waals surface area contributed by atoms with Crippen molar-refractivity contribution >= 4 is 28.6 Å². The van der Waals surface area contributed by atoms with Gasteiger partial charge >= 0.3 is 12.1 Å². The number of carbonyl (C=O) groups excluding carboxylic acids is 2. The van der Waals surface area contributed by atoms with E-state index in [1.807, 2.05) is 0 Å². The van der Waals surface area contributed by atoms with Gasteiger partial charge in [-0.05, 0) is 20.8 Å². The third-order valence-corrected chi connectivity index (χ3v) is 2.42. The summed E-state index contributed by atoms with van der Waals surface area (Å²) in [6, 6.07) is -0.360. The molecule has 19 heavy (non-hydrogen) atoms. The Bertz CT molecular complexity index is 414. The SMILES string of the molecule is CC(C)(C)OC(=O)NCCNC(=O)Nc1nccs1. The van der Waals surface area contributed by atoms with Gasteiger partial charge in [0, 0.05) is 24.7 Å². The lowest BCUT2D eigenvalue weighted by Crippen LogP contribution is -2.39. The third kappa shape index (κ3) is 7.24. The van der Waals surface area contributed by atoms with Gasteiger partial charge in [-0.1, -0.05) is 0 Å². The number of anilines is 1. The van der Waals surface area contributed by atoms with Crippen molar-refractivity contribution in [3.63, 3.8) is 0 Å². The fourth-order valence-corrected chi connectivity index (χ4v) is 1.61. The lowest BCUT2D eigenvalue weighted by atomic mass is 10.2. The number of aromatic nitrogens is 1. The Morgan fingerprint density at radius 1 is 1.32 bits per heavy atom. The molecule has 0 aliphatic heterocycles. The van der Waals surface area contributed by atoms with E-state index in [4.69, 9.17) is 4.74 Å². The molecular weight excluding hydrogens is 268 g/mol. The molecule has 3 N–H and O–H groups in total. The highest BCUT2D eigenvalue weighted by atomic mass is 32.1. The third-order valence-electron chi connectivity index (χ3n) is 1.73. The number of hydrogen-bond donors (Lipinski definition) is 3. The van der Waals surface area contributed by atoms with Crippen LogP contribution >= 0.6 is 11.3 Å². The second kappa shape index (κ2) is 6.93. The standard InChI is InChI=1S/C11H18N4O3S/c1-11(2,3)18-10(17)14-5-4-12-8(16)15-9-13-6-7-19-9/h6-7H,4-5H2,1-3H3,(H,14,17)(H2,12,13,15,16). The summed E-state index contributed by atoms with van der Waals surface area (Å²) in [6.45, 7) is 5.95. The molecule has 1 aromatic rings. The van der Waals surface area contributed by atoms with Gasteiger partial charge in [-0.2, -0.15) is 0 Å². The molecule has 1 rings (SSSR count). The molecule has 3 amide bonds. The highest BCUT2D eigenvalue weighted by Crippen LogP contribution is 2.09. The topological polar surface area (TPSA) is 92.4 Å². The minimum atomic E-state index is -0.528. The van der Waals surface area contributed by atoms with Crippen molar-refractivity contribution in [3.05, 3.63) is 11.6 Å². The zero-order chi connectivity index (χ0) is 14.3. The first-order chi connectivity index (χ1) is 8.87. The molecule has 0 saturated heterocycles. The molecule has 106 valence electrons. The number of rotatable bonds is 4. The van der Waals surface area contributed by atoms with Crippen molar-refractivity contribution in [2.75, 3.05) is 18.4 Å². The molecule has 0 aliphatic rings. The molecule has 1 heterocycles. The zero-order valence-corrected chi connectivity index (χ0v) is 12.0. The zero-order valence-electron chi connectivity index (χ0n) is 11.1. The molecule has 0 bridgehead atoms. The van der Waals surface area contributed by atoms with Crippen LogP contribution in [-0.4, -0.2) is 35.8 Å². The van der Waals surface area contributed by atoms with Gasteiger partial charge in [-0.15, -0.1) is 11.3 Å². The quantitative estimate of drug-likeness (QED) is 0.736. The number of nitrogens with zero attached hydrogens (tertiary/aromatic N) is 1. The molecular formula is C11H18N4O3S. The number of amides is 3. The fraction of sp³-hybridized carbons (Fsp3) is 0.545. The Morgan fingerprint density at radius 3 is 2.58 bits per heavy atom. The Labute approximate surface area is 115 Å². The molecule has 0 fully saturated rings. The van der Waals surface area contributed by atoms with Crippen LogP contribution in [0, 0.1) is 0 Å². The Hall–Kier alpha value is -1.83. The molecule has 0 aromatic carbocycles. The van der Waals surface area contributed by atoms with Crippen LogP contribution in [0.4, 0.5) is 14.7 Å². The smallest absolute Gasteiger partial charge is 0.407 e. The van der Waals surface area contributed by atoms with E-state index in [9.17, 15) is 9.59 Å². The van der Waals surface area contributed by atoms with E-state index >= 15 is 0 Å². The first-order valence-corrected chi connectivity index (χ1v) is 6.66. The van der Waals surface area contributed by atoms with Crippen LogP contribution in [0.3, 0.4) is 0 Å². The molecule has 0 aliphatic carbocycles. The molecule has 0 radical (unpaired) electrons. The van der Waals surface area contributed by atoms with E-state index in [0.29, 0.717) is 18.2 Å². The summed E-state index contributed by atoms with van der Waals surface area (Å²) in [5.41, 5.74) is -0.528. The fourth-order valence-electron chi connectivity index (χ4n) is 1.08. The van der Waals surface area contributed by atoms with E-state index in [1.54, 1.807) is 32.3 Å². The molecule has 0 unspecified atom stereocenters. The van der Waals surface area contributed by atoms with Gasteiger partial charge in [-0.25, -0.2) is 14.6 Å². The largest absolute Gasteiger partial charge is 0.444 e. The van der Waals surface area contributed by atoms with Crippen molar-refractivity contribution in [2.24, 2.45) is 0 Å². The van der Waals surface area contributed by atoms with Crippen LogP contribution in [0.25, 0.3) is 0 Å². The predicted octanol–water partition coefficient (Wildman–Crippen LogP) is 1.79. The normalized spacial score (nSPS) is 10.7. The maximum atomic E-state index is 11.4. The van der Waals surface area contributed by atoms with Gasteiger partial charge in [0.05, 0.1) is 0 Å². The van der Waals surface area contributed by atoms with E-state index in [-0.39, 0.29) is 6.03 Å². The highest BCUT2D eigenvalue weighted by molar-refractivity contribution is 7.13. The molecule has 7 nitrogen and oxygen atoms in total. The molecule has 0 saturated carbocycles. The number of ether oxygens (including phenoxy) is 1. The summed E-state index contributed by atoms with van der Waals surface area (Å²) in [5, 5.41) is 9.97. The summed E-state index contributed by atoms with van der Waals surface area (Å²) in [5.74, 6) is 0. The van der Waals surface area contributed by atoms with E-state index < -0.39 is 11.7 Å². The number of carbonyl (C=O) groups is 2. The van der Waals surface area contributed by atoms with Crippen molar-refractivity contribution in [3.8, 4) is 0 Å². The number of nitrogens with one attached hydrogen (secondary N) is 3. The number of urea groups is 1. The van der Waals surface area contributed by atoms with Crippen LogP contribution in [0.2, 0.25) is 0 Å². The minimum Gasteiger partial charge on any atom is -0.444 e. The summed E-state index contributed by atoms with van der Waals surface area (Å²) >= 11 is 1.33. The van der Waals surface area contributed by atoms with E-state index in [2.05, 4.69) is 20.9 Å². The maximum Gasteiger partial charge on any atom is 0.407 e. The average molecular weight is 286 g/mol. The van der Waals surface area contributed by atoms with Gasteiger partial charge in [0.1, 0.15) is 5.60 Å². The number of hydrogen-bond acceptors (Lipinski definition) is 5. The monoisotopic (exact) mass is 286 g/mol. The molecule has 8 heteroatoms. The summed E-state index contributed by atoms with van der Waals surface area (Å²) < 4.78 is 5.04. The molecule has 0 atom stereocenters. The number of thiazole rings is 1. The predicted molar refractivity (Wildman–Crippen MR) is 73.4 cm³/mol. The van der Waals surface area contributed by atoms with Gasteiger partial charge in [0.2, 0.25) is 0 Å². The Kier molecular flexibility index (Phi) is 5.56.